The number of nitrogens with one attached hydrogen (secondary N) is 1. The first kappa shape index (κ1) is 20.2. The number of para-hydroxylation sites is 1. The number of amides is 1. The molecule has 3 rings (SSSR count). The van der Waals surface area contributed by atoms with Gasteiger partial charge in [0, 0.05) is 30.5 Å². The van der Waals surface area contributed by atoms with Gasteiger partial charge in [0.05, 0.1) is 21.3 Å². The minimum Gasteiger partial charge on any atom is -0.496 e. The highest BCUT2D eigenvalue weighted by atomic mass is 16.5. The molecule has 1 heterocycles. The van der Waals surface area contributed by atoms with Gasteiger partial charge in [-0.25, -0.2) is 0 Å². The number of hydrogen-bond acceptors (Lipinski definition) is 7. The maximum absolute atomic E-state index is 12.1. The average molecular weight is 397 g/mol. The number of carbonyl (C=O) groups excluding carboxylic acids is 1. The molecule has 0 bridgehead atoms. The van der Waals surface area contributed by atoms with E-state index >= 15 is 0 Å². The number of aryl methyl sites for hydroxylation is 1. The van der Waals surface area contributed by atoms with Crippen molar-refractivity contribution in [3.8, 4) is 28.6 Å². The Balaban J connectivity index is 1.56. The van der Waals surface area contributed by atoms with Crippen molar-refractivity contribution in [1.29, 1.82) is 0 Å². The number of hydrogen-bond donors (Lipinski definition) is 1. The topological polar surface area (TPSA) is 95.7 Å². The summed E-state index contributed by atoms with van der Waals surface area (Å²) in [7, 11) is 4.74. The molecule has 0 aliphatic carbocycles. The molecule has 0 saturated heterocycles. The smallest absolute Gasteiger partial charge is 0.227 e. The Hall–Kier alpha value is -3.55. The summed E-state index contributed by atoms with van der Waals surface area (Å²) in [5.74, 6) is 2.64. The van der Waals surface area contributed by atoms with E-state index in [1.54, 1.807) is 33.5 Å². The van der Waals surface area contributed by atoms with Crippen molar-refractivity contribution in [2.24, 2.45) is 0 Å². The van der Waals surface area contributed by atoms with E-state index in [1.165, 1.54) is 0 Å². The number of benzene rings is 2. The van der Waals surface area contributed by atoms with Crippen LogP contribution in [0.5, 0.6) is 17.2 Å². The lowest BCUT2D eigenvalue weighted by atomic mass is 10.2. The summed E-state index contributed by atoms with van der Waals surface area (Å²) < 4.78 is 21.1. The lowest BCUT2D eigenvalue weighted by Crippen LogP contribution is -2.23. The van der Waals surface area contributed by atoms with E-state index in [-0.39, 0.29) is 12.3 Å². The Morgan fingerprint density at radius 1 is 1.00 bits per heavy atom. The Labute approximate surface area is 168 Å². The first-order chi connectivity index (χ1) is 14.1. The Morgan fingerprint density at radius 2 is 1.76 bits per heavy atom. The lowest BCUT2D eigenvalue weighted by Gasteiger charge is -2.09. The molecule has 0 saturated carbocycles. The summed E-state index contributed by atoms with van der Waals surface area (Å²) in [5.41, 5.74) is 1.65. The molecule has 0 aliphatic heterocycles. The normalized spacial score (nSPS) is 10.4. The second-order valence-corrected chi connectivity index (χ2v) is 6.17. The molecular weight excluding hydrogens is 374 g/mol. The van der Waals surface area contributed by atoms with Crippen LogP contribution in [0.2, 0.25) is 0 Å². The molecule has 0 spiro atoms. The third-order valence-corrected chi connectivity index (χ3v) is 4.34. The third kappa shape index (κ3) is 5.04. The molecule has 8 heteroatoms. The summed E-state index contributed by atoms with van der Waals surface area (Å²) in [4.78, 5) is 16.5. The highest BCUT2D eigenvalue weighted by Gasteiger charge is 2.13. The minimum absolute atomic E-state index is 0.109. The van der Waals surface area contributed by atoms with Crippen LogP contribution < -0.4 is 19.5 Å². The average Bonchev–Trinajstić information content (AvgIpc) is 3.25. The van der Waals surface area contributed by atoms with Gasteiger partial charge in [-0.2, -0.15) is 4.98 Å². The summed E-state index contributed by atoms with van der Waals surface area (Å²) in [5, 5.41) is 6.85. The Kier molecular flexibility index (Phi) is 6.67. The van der Waals surface area contributed by atoms with Crippen molar-refractivity contribution in [3.63, 3.8) is 0 Å². The van der Waals surface area contributed by atoms with Crippen LogP contribution in [0.3, 0.4) is 0 Å². The van der Waals surface area contributed by atoms with E-state index in [1.807, 2.05) is 30.3 Å². The van der Waals surface area contributed by atoms with Gasteiger partial charge in [-0.3, -0.25) is 4.79 Å². The van der Waals surface area contributed by atoms with Gasteiger partial charge in [0.15, 0.2) is 11.5 Å². The standard InChI is InChI=1S/C21H23N3O5/c1-26-16-7-5-4-6-15(16)13-22-19(25)10-11-20-23-21(24-29-20)14-8-9-17(27-2)18(12-14)28-3/h4-9,12H,10-11,13H2,1-3H3,(H,22,25). The second kappa shape index (κ2) is 9.59. The van der Waals surface area contributed by atoms with E-state index in [0.29, 0.717) is 36.2 Å². The second-order valence-electron chi connectivity index (χ2n) is 6.17. The van der Waals surface area contributed by atoms with Crippen molar-refractivity contribution >= 4 is 5.91 Å². The number of carbonyl (C=O) groups is 1. The van der Waals surface area contributed by atoms with Crippen LogP contribution in [0, 0.1) is 0 Å². The molecule has 1 amide bonds. The number of ether oxygens (including phenoxy) is 3. The summed E-state index contributed by atoms with van der Waals surface area (Å²) in [6.07, 6.45) is 0.584. The molecular formula is C21H23N3O5. The number of methoxy groups -OCH3 is 3. The zero-order valence-corrected chi connectivity index (χ0v) is 16.6. The molecule has 0 atom stereocenters. The van der Waals surface area contributed by atoms with Crippen molar-refractivity contribution in [2.45, 2.75) is 19.4 Å². The van der Waals surface area contributed by atoms with Crippen LogP contribution in [0.4, 0.5) is 0 Å². The first-order valence-electron chi connectivity index (χ1n) is 9.08. The summed E-state index contributed by atoms with van der Waals surface area (Å²) in [6.45, 7) is 0.392. The molecule has 0 aliphatic rings. The number of aromatic nitrogens is 2. The molecule has 152 valence electrons. The van der Waals surface area contributed by atoms with Gasteiger partial charge in [0.1, 0.15) is 5.75 Å². The van der Waals surface area contributed by atoms with Gasteiger partial charge in [-0.1, -0.05) is 23.4 Å². The fourth-order valence-electron chi connectivity index (χ4n) is 2.80. The summed E-state index contributed by atoms with van der Waals surface area (Å²) >= 11 is 0. The quantitative estimate of drug-likeness (QED) is 0.593. The van der Waals surface area contributed by atoms with Gasteiger partial charge in [0.25, 0.3) is 0 Å². The molecule has 29 heavy (non-hydrogen) atoms. The molecule has 1 aromatic heterocycles. The first-order valence-corrected chi connectivity index (χ1v) is 9.08. The maximum atomic E-state index is 12.1. The predicted octanol–water partition coefficient (Wildman–Crippen LogP) is 3.01. The molecule has 0 radical (unpaired) electrons. The summed E-state index contributed by atoms with van der Waals surface area (Å²) in [6, 6.07) is 12.9. The fraction of sp³-hybridized carbons (Fsp3) is 0.286. The van der Waals surface area contributed by atoms with Crippen LogP contribution >= 0.6 is 0 Å². The third-order valence-electron chi connectivity index (χ3n) is 4.34. The fourth-order valence-corrected chi connectivity index (χ4v) is 2.80. The maximum Gasteiger partial charge on any atom is 0.227 e. The van der Waals surface area contributed by atoms with Gasteiger partial charge < -0.3 is 24.1 Å². The molecule has 0 unspecified atom stereocenters. The Morgan fingerprint density at radius 3 is 2.52 bits per heavy atom. The van der Waals surface area contributed by atoms with E-state index in [9.17, 15) is 4.79 Å². The van der Waals surface area contributed by atoms with Gasteiger partial charge in [-0.15, -0.1) is 0 Å². The van der Waals surface area contributed by atoms with Crippen LogP contribution in [-0.2, 0) is 17.8 Å². The van der Waals surface area contributed by atoms with Crippen LogP contribution in [0.15, 0.2) is 47.0 Å². The van der Waals surface area contributed by atoms with E-state index in [2.05, 4.69) is 15.5 Å². The predicted molar refractivity (Wildman–Crippen MR) is 106 cm³/mol. The number of rotatable bonds is 9. The van der Waals surface area contributed by atoms with E-state index < -0.39 is 0 Å². The lowest BCUT2D eigenvalue weighted by molar-refractivity contribution is -0.121. The van der Waals surface area contributed by atoms with Gasteiger partial charge in [0.2, 0.25) is 17.6 Å². The van der Waals surface area contributed by atoms with Crippen molar-refractivity contribution < 1.29 is 23.5 Å². The SMILES string of the molecule is COc1ccccc1CNC(=O)CCc1nc(-c2ccc(OC)c(OC)c2)no1. The highest BCUT2D eigenvalue weighted by Crippen LogP contribution is 2.31. The van der Waals surface area contributed by atoms with Crippen LogP contribution in [0.25, 0.3) is 11.4 Å². The molecule has 3 aromatic rings. The van der Waals surface area contributed by atoms with Crippen LogP contribution in [-0.4, -0.2) is 37.4 Å². The monoisotopic (exact) mass is 397 g/mol. The molecule has 2 aromatic carbocycles. The van der Waals surface area contributed by atoms with Gasteiger partial charge in [-0.05, 0) is 24.3 Å². The van der Waals surface area contributed by atoms with E-state index in [4.69, 9.17) is 18.7 Å². The highest BCUT2D eigenvalue weighted by molar-refractivity contribution is 5.76. The molecule has 8 nitrogen and oxygen atoms in total. The van der Waals surface area contributed by atoms with Crippen LogP contribution in [0.1, 0.15) is 17.9 Å². The van der Waals surface area contributed by atoms with Crippen molar-refractivity contribution in [1.82, 2.24) is 15.5 Å². The molecule has 0 fully saturated rings. The van der Waals surface area contributed by atoms with Gasteiger partial charge >= 0.3 is 0 Å². The minimum atomic E-state index is -0.109. The largest absolute Gasteiger partial charge is 0.496 e. The number of nitrogens with zero attached hydrogens (tertiary/aromatic N) is 2. The zero-order chi connectivity index (χ0) is 20.6. The van der Waals surface area contributed by atoms with Crippen molar-refractivity contribution in [3.05, 3.63) is 53.9 Å². The Bertz CT molecular complexity index is 970. The van der Waals surface area contributed by atoms with E-state index in [0.717, 1.165) is 16.9 Å². The molecule has 1 N–H and O–H groups in total. The zero-order valence-electron chi connectivity index (χ0n) is 16.6. The van der Waals surface area contributed by atoms with Crippen molar-refractivity contribution in [2.75, 3.05) is 21.3 Å².